The summed E-state index contributed by atoms with van der Waals surface area (Å²) in [6, 6.07) is 12.2. The van der Waals surface area contributed by atoms with Crippen LogP contribution in [0.2, 0.25) is 0 Å². The van der Waals surface area contributed by atoms with E-state index in [1.807, 2.05) is 36.7 Å². The van der Waals surface area contributed by atoms with Gasteiger partial charge in [0.05, 0.1) is 12.1 Å². The Morgan fingerprint density at radius 3 is 1.50 bits per heavy atom. The highest BCUT2D eigenvalue weighted by Crippen LogP contribution is 2.26. The maximum atomic E-state index is 10.5. The van der Waals surface area contributed by atoms with Crippen LogP contribution in [0.3, 0.4) is 0 Å². The molecule has 0 saturated heterocycles. The van der Waals surface area contributed by atoms with E-state index >= 15 is 0 Å². The van der Waals surface area contributed by atoms with Crippen LogP contribution in [0.1, 0.15) is 113 Å². The van der Waals surface area contributed by atoms with Gasteiger partial charge in [0.15, 0.2) is 0 Å². The number of nitrogens with zero attached hydrogens (tertiary/aromatic N) is 2. The molecule has 0 amide bonds. The molecule has 36 heavy (non-hydrogen) atoms. The monoisotopic (exact) mass is 490 g/mol. The molecule has 2 aromatic carbocycles. The molecule has 1 fully saturated rings. The fourth-order valence-corrected chi connectivity index (χ4v) is 5.01. The molecular formula is C32H46N2O2. The molecule has 0 spiro atoms. The Morgan fingerprint density at radius 2 is 1.11 bits per heavy atom. The summed E-state index contributed by atoms with van der Waals surface area (Å²) in [5, 5.41) is 21.1. The van der Waals surface area contributed by atoms with Crippen LogP contribution in [-0.4, -0.2) is 34.7 Å². The average Bonchev–Trinajstić information content (AvgIpc) is 2.88. The van der Waals surface area contributed by atoms with Crippen molar-refractivity contribution in [2.75, 3.05) is 0 Å². The quantitative estimate of drug-likeness (QED) is 0.207. The van der Waals surface area contributed by atoms with Gasteiger partial charge in [-0.1, -0.05) is 77.3 Å². The van der Waals surface area contributed by atoms with Gasteiger partial charge in [0, 0.05) is 23.6 Å². The summed E-state index contributed by atoms with van der Waals surface area (Å²) in [5.41, 5.74) is 3.92. The topological polar surface area (TPSA) is 65.2 Å². The third-order valence-electron chi connectivity index (χ3n) is 7.33. The van der Waals surface area contributed by atoms with Gasteiger partial charge < -0.3 is 10.2 Å². The molecular weight excluding hydrogens is 444 g/mol. The number of rotatable bonds is 14. The maximum absolute atomic E-state index is 10.5. The smallest absolute Gasteiger partial charge is 0.124 e. The number of phenols is 2. The summed E-state index contributed by atoms with van der Waals surface area (Å²) in [5.74, 6) is 0.615. The molecule has 196 valence electrons. The number of hydrogen-bond donors (Lipinski definition) is 2. The third-order valence-corrected chi connectivity index (χ3v) is 7.33. The zero-order valence-corrected chi connectivity index (χ0v) is 22.5. The van der Waals surface area contributed by atoms with Crippen LogP contribution in [0, 0.1) is 0 Å². The number of aromatic hydroxyl groups is 2. The molecule has 1 aliphatic carbocycles. The lowest BCUT2D eigenvalue weighted by Crippen LogP contribution is -2.27. The standard InChI is InChI=1S/C32H46N2O2/c1-3-5-7-9-13-25-17-19-27(31(35)21-25)23-33-29-15-11-12-16-30(29)34-24-28-20-18-26(22-32(28)36)14-10-8-6-4-2/h17-24,29-30,35-36H,3-16H2,1-2H3/t29-,30-/m0/s1. The summed E-state index contributed by atoms with van der Waals surface area (Å²) in [6.45, 7) is 4.44. The van der Waals surface area contributed by atoms with Gasteiger partial charge in [0.25, 0.3) is 0 Å². The van der Waals surface area contributed by atoms with Crippen molar-refractivity contribution in [2.45, 2.75) is 116 Å². The lowest BCUT2D eigenvalue weighted by molar-refractivity contribution is 0.390. The van der Waals surface area contributed by atoms with E-state index in [4.69, 9.17) is 9.98 Å². The number of aliphatic imine (C=N–C) groups is 2. The minimum Gasteiger partial charge on any atom is -0.507 e. The van der Waals surface area contributed by atoms with Gasteiger partial charge in [-0.2, -0.15) is 0 Å². The van der Waals surface area contributed by atoms with Gasteiger partial charge in [-0.05, 0) is 73.9 Å². The number of aryl methyl sites for hydroxylation is 2. The molecule has 1 aliphatic rings. The van der Waals surface area contributed by atoms with E-state index in [0.717, 1.165) is 49.7 Å². The van der Waals surface area contributed by atoms with E-state index in [9.17, 15) is 10.2 Å². The molecule has 3 rings (SSSR count). The first-order valence-electron chi connectivity index (χ1n) is 14.3. The second-order valence-electron chi connectivity index (χ2n) is 10.4. The van der Waals surface area contributed by atoms with E-state index < -0.39 is 0 Å². The zero-order chi connectivity index (χ0) is 25.6. The predicted octanol–water partition coefficient (Wildman–Crippen LogP) is 8.19. The number of hydrogen-bond acceptors (Lipinski definition) is 4. The Bertz CT molecular complexity index is 903. The Kier molecular flexibility index (Phi) is 12.0. The molecule has 0 aliphatic heterocycles. The molecule has 2 N–H and O–H groups in total. The van der Waals surface area contributed by atoms with Crippen molar-refractivity contribution in [1.82, 2.24) is 0 Å². The Labute approximate surface area is 218 Å². The van der Waals surface area contributed by atoms with Crippen LogP contribution < -0.4 is 0 Å². The van der Waals surface area contributed by atoms with Crippen molar-refractivity contribution in [3.63, 3.8) is 0 Å². The van der Waals surface area contributed by atoms with Crippen molar-refractivity contribution >= 4 is 12.4 Å². The molecule has 2 atom stereocenters. The van der Waals surface area contributed by atoms with Crippen molar-refractivity contribution in [2.24, 2.45) is 9.98 Å². The van der Waals surface area contributed by atoms with Crippen LogP contribution in [0.4, 0.5) is 0 Å². The van der Waals surface area contributed by atoms with Gasteiger partial charge in [-0.25, -0.2) is 0 Å². The van der Waals surface area contributed by atoms with E-state index in [1.165, 1.54) is 62.5 Å². The van der Waals surface area contributed by atoms with Gasteiger partial charge in [0.2, 0.25) is 0 Å². The van der Waals surface area contributed by atoms with E-state index in [1.54, 1.807) is 0 Å². The summed E-state index contributed by atoms with van der Waals surface area (Å²) in [7, 11) is 0. The SMILES string of the molecule is CCCCCCc1ccc(C=N[C@H]2CCCC[C@@H]2N=Cc2ccc(CCCCCC)cc2O)c(O)c1. The van der Waals surface area contributed by atoms with Crippen LogP contribution in [0.25, 0.3) is 0 Å². The second kappa shape index (κ2) is 15.5. The molecule has 4 heteroatoms. The molecule has 4 nitrogen and oxygen atoms in total. The fraction of sp³-hybridized carbons (Fsp3) is 0.562. The molecule has 0 aromatic heterocycles. The summed E-state index contributed by atoms with van der Waals surface area (Å²) >= 11 is 0. The van der Waals surface area contributed by atoms with Crippen LogP contribution in [0.5, 0.6) is 11.5 Å². The van der Waals surface area contributed by atoms with E-state index in [0.29, 0.717) is 11.5 Å². The Hall–Kier alpha value is -2.62. The number of unbranched alkanes of at least 4 members (excludes halogenated alkanes) is 6. The van der Waals surface area contributed by atoms with Gasteiger partial charge >= 0.3 is 0 Å². The molecule has 2 aromatic rings. The lowest BCUT2D eigenvalue weighted by Gasteiger charge is -2.25. The highest BCUT2D eigenvalue weighted by Gasteiger charge is 2.23. The normalized spacial score (nSPS) is 18.4. The van der Waals surface area contributed by atoms with Crippen LogP contribution in [-0.2, 0) is 12.8 Å². The number of phenolic OH excluding ortho intramolecular Hbond substituents is 2. The third kappa shape index (κ3) is 9.11. The fourth-order valence-electron chi connectivity index (χ4n) is 5.01. The van der Waals surface area contributed by atoms with E-state index in [-0.39, 0.29) is 12.1 Å². The minimum absolute atomic E-state index is 0.100. The average molecular weight is 491 g/mol. The number of benzene rings is 2. The van der Waals surface area contributed by atoms with Crippen LogP contribution >= 0.6 is 0 Å². The minimum atomic E-state index is 0.100. The molecule has 0 radical (unpaired) electrons. The summed E-state index contributed by atoms with van der Waals surface area (Å²) in [4.78, 5) is 9.70. The predicted molar refractivity (Wildman–Crippen MR) is 153 cm³/mol. The highest BCUT2D eigenvalue weighted by atomic mass is 16.3. The Balaban J connectivity index is 1.59. The van der Waals surface area contributed by atoms with E-state index in [2.05, 4.69) is 26.0 Å². The van der Waals surface area contributed by atoms with Gasteiger partial charge in [-0.3, -0.25) is 9.98 Å². The van der Waals surface area contributed by atoms with Crippen molar-refractivity contribution in [1.29, 1.82) is 0 Å². The van der Waals surface area contributed by atoms with Crippen molar-refractivity contribution in [3.05, 3.63) is 58.7 Å². The van der Waals surface area contributed by atoms with Crippen molar-refractivity contribution < 1.29 is 10.2 Å². The largest absolute Gasteiger partial charge is 0.507 e. The lowest BCUT2D eigenvalue weighted by atomic mass is 9.91. The first kappa shape index (κ1) is 28.0. The summed E-state index contributed by atoms with van der Waals surface area (Å²) in [6.07, 6.45) is 19.8. The van der Waals surface area contributed by atoms with Crippen molar-refractivity contribution in [3.8, 4) is 11.5 Å². The second-order valence-corrected chi connectivity index (χ2v) is 10.4. The Morgan fingerprint density at radius 1 is 0.667 bits per heavy atom. The highest BCUT2D eigenvalue weighted by molar-refractivity contribution is 5.84. The molecule has 0 heterocycles. The first-order valence-corrected chi connectivity index (χ1v) is 14.3. The molecule has 0 bridgehead atoms. The first-order chi connectivity index (χ1) is 17.6. The molecule has 0 unspecified atom stereocenters. The van der Waals surface area contributed by atoms with Gasteiger partial charge in [0.1, 0.15) is 11.5 Å². The van der Waals surface area contributed by atoms with Crippen LogP contribution in [0.15, 0.2) is 46.4 Å². The summed E-state index contributed by atoms with van der Waals surface area (Å²) < 4.78 is 0. The maximum Gasteiger partial charge on any atom is 0.124 e. The zero-order valence-electron chi connectivity index (χ0n) is 22.5. The molecule has 1 saturated carbocycles. The van der Waals surface area contributed by atoms with Gasteiger partial charge in [-0.15, -0.1) is 0 Å².